The van der Waals surface area contributed by atoms with Crippen LogP contribution >= 0.6 is 24.0 Å². The van der Waals surface area contributed by atoms with Gasteiger partial charge in [-0.25, -0.2) is 9.97 Å². The Kier molecular flexibility index (Phi) is 6.79. The van der Waals surface area contributed by atoms with Crippen molar-refractivity contribution in [3.63, 3.8) is 0 Å². The predicted octanol–water partition coefficient (Wildman–Crippen LogP) is 11.5. The lowest BCUT2D eigenvalue weighted by molar-refractivity contribution is 1.18. The number of hydrogen-bond acceptors (Lipinski definition) is 4. The van der Waals surface area contributed by atoms with Crippen LogP contribution in [0.25, 0.3) is 76.3 Å². The number of thiophene rings is 1. The average Bonchev–Trinajstić information content (AvgIpc) is 3.47. The molecule has 0 unspecified atom stereocenters. The van der Waals surface area contributed by atoms with Gasteiger partial charge in [0.15, 0.2) is 5.82 Å². The first kappa shape index (κ1) is 26.6. The maximum absolute atomic E-state index is 5.20. The predicted molar refractivity (Wildman–Crippen MR) is 189 cm³/mol. The van der Waals surface area contributed by atoms with Crippen molar-refractivity contribution in [1.29, 1.82) is 0 Å². The van der Waals surface area contributed by atoms with Crippen LogP contribution in [-0.4, -0.2) is 9.97 Å². The molecule has 8 aromatic rings. The van der Waals surface area contributed by atoms with Gasteiger partial charge < -0.3 is 0 Å². The van der Waals surface area contributed by atoms with Crippen LogP contribution in [0.4, 0.5) is 0 Å². The van der Waals surface area contributed by atoms with E-state index < -0.39 is 0 Å². The Hall–Kier alpha value is -5.03. The molecular weight excluding hydrogens is 573 g/mol. The van der Waals surface area contributed by atoms with E-state index in [0.717, 1.165) is 33.0 Å². The van der Waals surface area contributed by atoms with E-state index in [9.17, 15) is 0 Å². The van der Waals surface area contributed by atoms with Crippen molar-refractivity contribution < 1.29 is 0 Å². The molecule has 6 aromatic carbocycles. The van der Waals surface area contributed by atoms with Gasteiger partial charge in [0.2, 0.25) is 0 Å². The normalized spacial score (nSPS) is 11.3. The third-order valence-corrected chi connectivity index (χ3v) is 9.52. The summed E-state index contributed by atoms with van der Waals surface area (Å²) >= 11 is 6.60. The summed E-state index contributed by atoms with van der Waals surface area (Å²) < 4.78 is 2.50. The minimum absolute atomic E-state index is 0.692. The zero-order valence-electron chi connectivity index (χ0n) is 23.7. The third-order valence-electron chi connectivity index (χ3n) is 8.02. The maximum atomic E-state index is 5.20. The molecule has 0 saturated heterocycles. The molecule has 0 bridgehead atoms. The lowest BCUT2D eigenvalue weighted by Crippen LogP contribution is -1.97. The molecule has 0 spiro atoms. The molecule has 2 aromatic heterocycles. The van der Waals surface area contributed by atoms with Crippen LogP contribution in [0.2, 0.25) is 0 Å². The first-order valence-corrected chi connectivity index (χ1v) is 15.8. The van der Waals surface area contributed by atoms with E-state index in [1.54, 1.807) is 0 Å². The van der Waals surface area contributed by atoms with Crippen LogP contribution in [0.15, 0.2) is 157 Å². The van der Waals surface area contributed by atoms with Crippen molar-refractivity contribution in [1.82, 2.24) is 9.97 Å². The molecule has 0 aliphatic heterocycles. The van der Waals surface area contributed by atoms with Crippen molar-refractivity contribution in [2.45, 2.75) is 4.90 Å². The van der Waals surface area contributed by atoms with Crippen LogP contribution in [-0.2, 0) is 0 Å². The molecule has 0 aliphatic carbocycles. The van der Waals surface area contributed by atoms with Gasteiger partial charge in [0, 0.05) is 41.8 Å². The standard InChI is InChI=1S/C40H26N2S2/c43-36-17-9-7-15-31(36)35-25-34(29-21-19-27(20-22-29)26-11-3-1-4-12-26)41-40(42-35)30-23-33(28-13-5-2-6-14-28)39-32-16-8-10-18-37(32)44-38(39)24-30/h1-25,43H. The Morgan fingerprint density at radius 2 is 1.05 bits per heavy atom. The van der Waals surface area contributed by atoms with Gasteiger partial charge >= 0.3 is 0 Å². The average molecular weight is 599 g/mol. The molecule has 2 heterocycles. The number of aromatic nitrogens is 2. The maximum Gasteiger partial charge on any atom is 0.160 e. The molecule has 208 valence electrons. The minimum atomic E-state index is 0.692. The summed E-state index contributed by atoms with van der Waals surface area (Å²) in [5.74, 6) is 0.692. The topological polar surface area (TPSA) is 25.8 Å². The molecule has 0 fully saturated rings. The second kappa shape index (κ2) is 11.2. The van der Waals surface area contributed by atoms with Gasteiger partial charge in [-0.2, -0.15) is 0 Å². The summed E-state index contributed by atoms with van der Waals surface area (Å²) in [5.41, 5.74) is 9.46. The van der Waals surface area contributed by atoms with Gasteiger partial charge in [0.1, 0.15) is 0 Å². The number of rotatable bonds is 5. The van der Waals surface area contributed by atoms with Gasteiger partial charge in [-0.05, 0) is 52.6 Å². The zero-order chi connectivity index (χ0) is 29.5. The molecule has 2 nitrogen and oxygen atoms in total. The van der Waals surface area contributed by atoms with Crippen LogP contribution in [0.1, 0.15) is 0 Å². The van der Waals surface area contributed by atoms with Crippen LogP contribution in [0.5, 0.6) is 0 Å². The highest BCUT2D eigenvalue weighted by Gasteiger charge is 2.17. The molecule has 8 rings (SSSR count). The molecule has 0 aliphatic rings. The first-order valence-electron chi connectivity index (χ1n) is 14.6. The van der Waals surface area contributed by atoms with Crippen molar-refractivity contribution in [3.05, 3.63) is 152 Å². The van der Waals surface area contributed by atoms with Crippen LogP contribution < -0.4 is 0 Å². The van der Waals surface area contributed by atoms with Crippen molar-refractivity contribution in [2.24, 2.45) is 0 Å². The largest absolute Gasteiger partial charge is 0.228 e. The summed E-state index contributed by atoms with van der Waals surface area (Å²) in [5, 5.41) is 2.55. The number of nitrogens with zero attached hydrogens (tertiary/aromatic N) is 2. The van der Waals surface area contributed by atoms with Crippen LogP contribution in [0.3, 0.4) is 0 Å². The fourth-order valence-corrected chi connectivity index (χ4v) is 7.29. The monoisotopic (exact) mass is 598 g/mol. The summed E-state index contributed by atoms with van der Waals surface area (Å²) in [6.07, 6.45) is 0. The third kappa shape index (κ3) is 4.88. The first-order chi connectivity index (χ1) is 21.7. The summed E-state index contributed by atoms with van der Waals surface area (Å²) in [6, 6.07) is 53.0. The van der Waals surface area contributed by atoms with Gasteiger partial charge in [-0.1, -0.05) is 121 Å². The molecule has 0 N–H and O–H groups in total. The van der Waals surface area contributed by atoms with Gasteiger partial charge in [0.25, 0.3) is 0 Å². The Morgan fingerprint density at radius 3 is 1.82 bits per heavy atom. The highest BCUT2D eigenvalue weighted by Crippen LogP contribution is 2.43. The number of fused-ring (bicyclic) bond motifs is 3. The van der Waals surface area contributed by atoms with E-state index in [-0.39, 0.29) is 0 Å². The fourth-order valence-electron chi connectivity index (χ4n) is 5.85. The molecule has 0 saturated carbocycles. The van der Waals surface area contributed by atoms with Crippen molar-refractivity contribution >= 4 is 44.1 Å². The Bertz CT molecular complexity index is 2270. The minimum Gasteiger partial charge on any atom is -0.228 e. The smallest absolute Gasteiger partial charge is 0.160 e. The lowest BCUT2D eigenvalue weighted by Gasteiger charge is -2.13. The fraction of sp³-hybridized carbons (Fsp3) is 0. The van der Waals surface area contributed by atoms with E-state index >= 15 is 0 Å². The van der Waals surface area contributed by atoms with Crippen molar-refractivity contribution in [3.8, 4) is 56.2 Å². The molecule has 0 amide bonds. The van der Waals surface area contributed by atoms with E-state index in [1.165, 1.54) is 42.4 Å². The summed E-state index contributed by atoms with van der Waals surface area (Å²) in [6.45, 7) is 0. The number of thiol groups is 1. The zero-order valence-corrected chi connectivity index (χ0v) is 25.4. The second-order valence-corrected chi connectivity index (χ2v) is 12.3. The van der Waals surface area contributed by atoms with E-state index in [2.05, 4.69) is 127 Å². The Balaban J connectivity index is 1.35. The molecular formula is C40H26N2S2. The molecule has 0 atom stereocenters. The highest BCUT2D eigenvalue weighted by atomic mass is 32.1. The lowest BCUT2D eigenvalue weighted by atomic mass is 9.96. The van der Waals surface area contributed by atoms with E-state index in [1.807, 2.05) is 35.6 Å². The van der Waals surface area contributed by atoms with Gasteiger partial charge in [0.05, 0.1) is 11.4 Å². The van der Waals surface area contributed by atoms with Gasteiger partial charge in [-0.3, -0.25) is 0 Å². The summed E-state index contributed by atoms with van der Waals surface area (Å²) in [7, 11) is 0. The molecule has 44 heavy (non-hydrogen) atoms. The quantitative estimate of drug-likeness (QED) is 0.199. The second-order valence-electron chi connectivity index (χ2n) is 10.8. The number of benzene rings is 6. The SMILES string of the molecule is Sc1ccccc1-c1cc(-c2ccc(-c3ccccc3)cc2)nc(-c2cc(-c3ccccc3)c3c(c2)sc2ccccc23)n1. The molecule has 4 heteroatoms. The van der Waals surface area contributed by atoms with Crippen molar-refractivity contribution in [2.75, 3.05) is 0 Å². The Morgan fingerprint density at radius 1 is 0.432 bits per heavy atom. The highest BCUT2D eigenvalue weighted by molar-refractivity contribution is 7.80. The van der Waals surface area contributed by atoms with Crippen LogP contribution in [0, 0.1) is 0 Å². The molecule has 0 radical (unpaired) electrons. The Labute approximate surface area is 265 Å². The van der Waals surface area contributed by atoms with E-state index in [4.69, 9.17) is 22.6 Å². The number of hydrogen-bond donors (Lipinski definition) is 1. The van der Waals surface area contributed by atoms with E-state index in [0.29, 0.717) is 5.82 Å². The summed E-state index contributed by atoms with van der Waals surface area (Å²) in [4.78, 5) is 11.2. The van der Waals surface area contributed by atoms with Gasteiger partial charge in [-0.15, -0.1) is 24.0 Å².